The Kier molecular flexibility index (Phi) is 7.06. The lowest BCUT2D eigenvalue weighted by molar-refractivity contribution is -0.143. The fraction of sp³-hybridized carbons (Fsp3) is 0.478. The summed E-state index contributed by atoms with van der Waals surface area (Å²) in [5, 5.41) is 2.05. The number of carbonyl (C=O) groups is 2. The van der Waals surface area contributed by atoms with Crippen LogP contribution in [0.15, 0.2) is 35.7 Å². The van der Waals surface area contributed by atoms with Gasteiger partial charge >= 0.3 is 0 Å². The molecule has 0 radical (unpaired) electrons. The average molecular weight is 417 g/mol. The van der Waals surface area contributed by atoms with Crippen LogP contribution in [-0.4, -0.2) is 40.7 Å². The van der Waals surface area contributed by atoms with Crippen molar-refractivity contribution >= 4 is 23.2 Å². The summed E-state index contributed by atoms with van der Waals surface area (Å²) in [4.78, 5) is 30.8. The molecule has 2 aromatic rings. The van der Waals surface area contributed by atoms with Crippen molar-refractivity contribution in [1.82, 2.24) is 9.80 Å². The Morgan fingerprint density at radius 2 is 1.97 bits per heavy atom. The third-order valence-electron chi connectivity index (χ3n) is 5.68. The summed E-state index contributed by atoms with van der Waals surface area (Å²) in [6, 6.07) is 8.22. The van der Waals surface area contributed by atoms with Crippen LogP contribution < -0.4 is 0 Å². The quantitative estimate of drug-likeness (QED) is 0.651. The number of rotatable bonds is 7. The van der Waals surface area contributed by atoms with E-state index >= 15 is 0 Å². The number of fused-ring (bicyclic) bond motifs is 1. The molecule has 1 aromatic carbocycles. The van der Waals surface area contributed by atoms with Gasteiger partial charge in [0.05, 0.1) is 6.04 Å². The van der Waals surface area contributed by atoms with Gasteiger partial charge in [-0.1, -0.05) is 26.0 Å². The van der Waals surface area contributed by atoms with E-state index in [0.717, 1.165) is 30.4 Å². The maximum absolute atomic E-state index is 13.5. The summed E-state index contributed by atoms with van der Waals surface area (Å²) in [5.74, 6) is -0.316. The zero-order valence-electron chi connectivity index (χ0n) is 17.4. The predicted molar refractivity (Wildman–Crippen MR) is 114 cm³/mol. The first-order valence-corrected chi connectivity index (χ1v) is 11.2. The van der Waals surface area contributed by atoms with Gasteiger partial charge in [0, 0.05) is 23.9 Å². The molecule has 1 aromatic heterocycles. The topological polar surface area (TPSA) is 40.6 Å². The second-order valence-corrected chi connectivity index (χ2v) is 8.62. The number of amides is 2. The highest BCUT2D eigenvalue weighted by Crippen LogP contribution is 2.38. The lowest BCUT2D eigenvalue weighted by Gasteiger charge is -2.38. The Morgan fingerprint density at radius 1 is 1.24 bits per heavy atom. The molecule has 29 heavy (non-hydrogen) atoms. The molecule has 3 rings (SSSR count). The van der Waals surface area contributed by atoms with E-state index in [9.17, 15) is 14.0 Å². The van der Waals surface area contributed by atoms with Crippen LogP contribution in [-0.2, 0) is 16.0 Å². The van der Waals surface area contributed by atoms with Gasteiger partial charge in [-0.15, -0.1) is 11.3 Å². The van der Waals surface area contributed by atoms with Gasteiger partial charge < -0.3 is 9.80 Å². The standard InChI is InChI=1S/C23H29FN2O2S/c1-4-6-21(27)26(16(3)5-2)15-22(28)25-13-11-20-19(12-14-29-20)23(25)17-7-9-18(24)10-8-17/h7-10,12,14,16,23H,4-6,11,13,15H2,1-3H3. The molecule has 0 aliphatic carbocycles. The van der Waals surface area contributed by atoms with Crippen molar-refractivity contribution in [2.75, 3.05) is 13.1 Å². The zero-order valence-corrected chi connectivity index (χ0v) is 18.2. The van der Waals surface area contributed by atoms with Crippen LogP contribution in [0.2, 0.25) is 0 Å². The monoisotopic (exact) mass is 416 g/mol. The number of nitrogens with zero attached hydrogens (tertiary/aromatic N) is 2. The maximum Gasteiger partial charge on any atom is 0.243 e. The minimum Gasteiger partial charge on any atom is -0.331 e. The molecule has 0 saturated carbocycles. The molecule has 0 bridgehead atoms. The number of halogens is 1. The minimum absolute atomic E-state index is 0.0174. The SMILES string of the molecule is CCCC(=O)N(CC(=O)N1CCc2sccc2C1c1ccc(F)cc1)C(C)CC. The van der Waals surface area contributed by atoms with Gasteiger partial charge in [-0.25, -0.2) is 4.39 Å². The molecule has 156 valence electrons. The molecule has 2 unspecified atom stereocenters. The Bertz CT molecular complexity index is 849. The van der Waals surface area contributed by atoms with Gasteiger partial charge in [0.1, 0.15) is 12.4 Å². The summed E-state index contributed by atoms with van der Waals surface area (Å²) in [6.45, 7) is 6.68. The Morgan fingerprint density at radius 3 is 2.62 bits per heavy atom. The number of hydrogen-bond acceptors (Lipinski definition) is 3. The van der Waals surface area contributed by atoms with Gasteiger partial charge in [0.15, 0.2) is 0 Å². The van der Waals surface area contributed by atoms with Gasteiger partial charge in [0.25, 0.3) is 0 Å². The van der Waals surface area contributed by atoms with Crippen LogP contribution >= 0.6 is 11.3 Å². The first-order valence-electron chi connectivity index (χ1n) is 10.4. The first kappa shape index (κ1) is 21.5. The van der Waals surface area contributed by atoms with E-state index in [0.29, 0.717) is 13.0 Å². The molecule has 2 heterocycles. The number of carbonyl (C=O) groups excluding carboxylic acids is 2. The molecule has 4 nitrogen and oxygen atoms in total. The molecule has 2 amide bonds. The molecule has 0 saturated heterocycles. The van der Waals surface area contributed by atoms with Crippen LogP contribution in [0.1, 0.15) is 62.1 Å². The van der Waals surface area contributed by atoms with Crippen molar-refractivity contribution in [1.29, 1.82) is 0 Å². The summed E-state index contributed by atoms with van der Waals surface area (Å²) < 4.78 is 13.5. The van der Waals surface area contributed by atoms with Gasteiger partial charge in [-0.3, -0.25) is 9.59 Å². The van der Waals surface area contributed by atoms with E-state index in [2.05, 4.69) is 6.07 Å². The Hall–Kier alpha value is -2.21. The highest BCUT2D eigenvalue weighted by molar-refractivity contribution is 7.10. The molecule has 1 aliphatic heterocycles. The van der Waals surface area contributed by atoms with E-state index in [-0.39, 0.29) is 36.3 Å². The predicted octanol–water partition coefficient (Wildman–Crippen LogP) is 4.79. The normalized spacial score (nSPS) is 17.0. The molecule has 0 spiro atoms. The van der Waals surface area contributed by atoms with E-state index in [1.165, 1.54) is 17.0 Å². The molecule has 2 atom stereocenters. The molecule has 0 N–H and O–H groups in total. The highest BCUT2D eigenvalue weighted by atomic mass is 32.1. The largest absolute Gasteiger partial charge is 0.331 e. The van der Waals surface area contributed by atoms with E-state index < -0.39 is 0 Å². The van der Waals surface area contributed by atoms with E-state index in [1.807, 2.05) is 31.1 Å². The van der Waals surface area contributed by atoms with Crippen LogP contribution in [0.25, 0.3) is 0 Å². The molecule has 1 aliphatic rings. The van der Waals surface area contributed by atoms with Gasteiger partial charge in [-0.05, 0) is 60.9 Å². The third kappa shape index (κ3) is 4.69. The van der Waals surface area contributed by atoms with Crippen LogP contribution in [0.5, 0.6) is 0 Å². The summed E-state index contributed by atoms with van der Waals surface area (Å²) in [6.07, 6.45) is 2.83. The lowest BCUT2D eigenvalue weighted by atomic mass is 9.93. The smallest absolute Gasteiger partial charge is 0.243 e. The van der Waals surface area contributed by atoms with Gasteiger partial charge in [-0.2, -0.15) is 0 Å². The average Bonchev–Trinajstić information content (AvgIpc) is 3.20. The zero-order chi connectivity index (χ0) is 21.0. The van der Waals surface area contributed by atoms with Crippen molar-refractivity contribution < 1.29 is 14.0 Å². The summed E-state index contributed by atoms with van der Waals surface area (Å²) >= 11 is 1.70. The molecule has 6 heteroatoms. The maximum atomic E-state index is 13.5. The first-order chi connectivity index (χ1) is 14.0. The molecule has 0 fully saturated rings. The summed E-state index contributed by atoms with van der Waals surface area (Å²) in [7, 11) is 0. The van der Waals surface area contributed by atoms with Crippen LogP contribution in [0.4, 0.5) is 4.39 Å². The molecular formula is C23H29FN2O2S. The van der Waals surface area contributed by atoms with Crippen molar-refractivity contribution in [3.8, 4) is 0 Å². The summed E-state index contributed by atoms with van der Waals surface area (Å²) in [5.41, 5.74) is 2.00. The van der Waals surface area contributed by atoms with E-state index in [1.54, 1.807) is 28.4 Å². The molecular weight excluding hydrogens is 387 g/mol. The second-order valence-electron chi connectivity index (χ2n) is 7.62. The second kappa shape index (κ2) is 9.53. The van der Waals surface area contributed by atoms with Crippen molar-refractivity contribution in [2.24, 2.45) is 0 Å². The number of benzene rings is 1. The minimum atomic E-state index is -0.291. The fourth-order valence-corrected chi connectivity index (χ4v) is 4.80. The Labute approximate surface area is 176 Å². The third-order valence-corrected chi connectivity index (χ3v) is 6.68. The van der Waals surface area contributed by atoms with E-state index in [4.69, 9.17) is 0 Å². The van der Waals surface area contributed by atoms with Crippen LogP contribution in [0.3, 0.4) is 0 Å². The van der Waals surface area contributed by atoms with Gasteiger partial charge in [0.2, 0.25) is 11.8 Å². The van der Waals surface area contributed by atoms with Crippen molar-refractivity contribution in [3.05, 3.63) is 57.5 Å². The fourth-order valence-electron chi connectivity index (χ4n) is 3.89. The Balaban J connectivity index is 1.89. The van der Waals surface area contributed by atoms with Crippen molar-refractivity contribution in [3.63, 3.8) is 0 Å². The number of hydrogen-bond donors (Lipinski definition) is 0. The number of thiophene rings is 1. The highest BCUT2D eigenvalue weighted by Gasteiger charge is 2.34. The van der Waals surface area contributed by atoms with Crippen molar-refractivity contribution in [2.45, 2.75) is 58.5 Å². The lowest BCUT2D eigenvalue weighted by Crippen LogP contribution is -2.49. The van der Waals surface area contributed by atoms with Crippen LogP contribution in [0, 0.1) is 5.82 Å².